The molecule has 3 nitrogen and oxygen atoms in total. The molecule has 0 radical (unpaired) electrons. The monoisotopic (exact) mass is 347 g/mol. The average molecular weight is 348 g/mol. The number of anilines is 1. The Morgan fingerprint density at radius 1 is 1.10 bits per heavy atom. The first-order chi connectivity index (χ1) is 9.92. The third-order valence-corrected chi connectivity index (χ3v) is 3.92. The Bertz CT molecular complexity index is 662. The van der Waals surface area contributed by atoms with Crippen LogP contribution >= 0.6 is 15.9 Å². The molecule has 110 valence electrons. The van der Waals surface area contributed by atoms with Gasteiger partial charge in [-0.15, -0.1) is 0 Å². The predicted octanol–water partition coefficient (Wildman–Crippen LogP) is 4.35. The van der Waals surface area contributed by atoms with Crippen molar-refractivity contribution < 1.29 is 9.53 Å². The molecule has 2 rings (SSSR count). The van der Waals surface area contributed by atoms with Crippen molar-refractivity contribution in [2.24, 2.45) is 0 Å². The van der Waals surface area contributed by atoms with Crippen LogP contribution in [0.3, 0.4) is 0 Å². The summed E-state index contributed by atoms with van der Waals surface area (Å²) in [7, 11) is 3.39. The average Bonchev–Trinajstić information content (AvgIpc) is 2.44. The molecule has 0 bridgehead atoms. The maximum absolute atomic E-state index is 12.6. The van der Waals surface area contributed by atoms with Crippen LogP contribution in [0.4, 0.5) is 5.69 Å². The van der Waals surface area contributed by atoms with Gasteiger partial charge in [0.05, 0.1) is 11.6 Å². The molecule has 0 N–H and O–H groups in total. The first kappa shape index (κ1) is 15.6. The van der Waals surface area contributed by atoms with Gasteiger partial charge in [-0.25, -0.2) is 0 Å². The maximum atomic E-state index is 12.6. The van der Waals surface area contributed by atoms with E-state index in [0.717, 1.165) is 21.3 Å². The highest BCUT2D eigenvalue weighted by atomic mass is 79.9. The van der Waals surface area contributed by atoms with Gasteiger partial charge in [-0.3, -0.25) is 4.79 Å². The summed E-state index contributed by atoms with van der Waals surface area (Å²) in [6, 6.07) is 11.4. The minimum atomic E-state index is -0.0525. The number of benzene rings is 2. The Hall–Kier alpha value is -1.81. The van der Waals surface area contributed by atoms with Crippen LogP contribution in [0.5, 0.6) is 5.75 Å². The quantitative estimate of drug-likeness (QED) is 0.825. The molecule has 0 aliphatic heterocycles. The molecule has 2 aromatic carbocycles. The van der Waals surface area contributed by atoms with Crippen molar-refractivity contribution in [2.45, 2.75) is 13.8 Å². The first-order valence-corrected chi connectivity index (χ1v) is 7.41. The lowest BCUT2D eigenvalue weighted by atomic mass is 10.1. The molecular formula is C17H18BrNO2. The number of ether oxygens (including phenoxy) is 1. The lowest BCUT2D eigenvalue weighted by Crippen LogP contribution is -2.26. The maximum Gasteiger partial charge on any atom is 0.258 e. The lowest BCUT2D eigenvalue weighted by Gasteiger charge is -2.19. The summed E-state index contributed by atoms with van der Waals surface area (Å²) in [5, 5.41) is 0. The Balaban J connectivity index is 2.32. The van der Waals surface area contributed by atoms with Gasteiger partial charge >= 0.3 is 0 Å². The second-order valence-electron chi connectivity index (χ2n) is 5.06. The van der Waals surface area contributed by atoms with Crippen molar-refractivity contribution in [2.75, 3.05) is 19.1 Å². The zero-order valence-corrected chi connectivity index (χ0v) is 14.2. The number of amides is 1. The van der Waals surface area contributed by atoms with Gasteiger partial charge in [0.15, 0.2) is 0 Å². The lowest BCUT2D eigenvalue weighted by molar-refractivity contribution is 0.0993. The molecule has 0 saturated carbocycles. The van der Waals surface area contributed by atoms with Crippen molar-refractivity contribution in [1.29, 1.82) is 0 Å². The van der Waals surface area contributed by atoms with Gasteiger partial charge in [-0.05, 0) is 71.2 Å². The van der Waals surface area contributed by atoms with Crippen molar-refractivity contribution in [1.82, 2.24) is 0 Å². The minimum Gasteiger partial charge on any atom is -0.496 e. The molecular weight excluding hydrogens is 330 g/mol. The van der Waals surface area contributed by atoms with E-state index in [1.54, 1.807) is 37.3 Å². The van der Waals surface area contributed by atoms with E-state index in [9.17, 15) is 4.79 Å². The third-order valence-electron chi connectivity index (χ3n) is 3.30. The SMILES string of the molecule is COc1ccc(C(=O)N(C)c2cc(C)cc(C)c2)cc1Br. The highest BCUT2D eigenvalue weighted by Gasteiger charge is 2.15. The van der Waals surface area contributed by atoms with E-state index in [0.29, 0.717) is 11.3 Å². The summed E-state index contributed by atoms with van der Waals surface area (Å²) in [6.07, 6.45) is 0. The van der Waals surface area contributed by atoms with Crippen LogP contribution < -0.4 is 9.64 Å². The van der Waals surface area contributed by atoms with Gasteiger partial charge in [-0.2, -0.15) is 0 Å². The molecule has 0 aliphatic carbocycles. The molecule has 0 heterocycles. The fourth-order valence-corrected chi connectivity index (χ4v) is 2.80. The molecule has 2 aromatic rings. The predicted molar refractivity (Wildman–Crippen MR) is 89.3 cm³/mol. The van der Waals surface area contributed by atoms with E-state index in [4.69, 9.17) is 4.74 Å². The van der Waals surface area contributed by atoms with Crippen molar-refractivity contribution in [3.05, 3.63) is 57.6 Å². The smallest absolute Gasteiger partial charge is 0.258 e. The van der Waals surface area contributed by atoms with E-state index in [1.807, 2.05) is 26.0 Å². The number of methoxy groups -OCH3 is 1. The summed E-state index contributed by atoms with van der Waals surface area (Å²) >= 11 is 3.41. The Morgan fingerprint density at radius 3 is 2.24 bits per heavy atom. The number of carbonyl (C=O) groups excluding carboxylic acids is 1. The summed E-state index contributed by atoms with van der Waals surface area (Å²) in [4.78, 5) is 14.2. The van der Waals surface area contributed by atoms with Crippen LogP contribution in [0.15, 0.2) is 40.9 Å². The molecule has 0 atom stereocenters. The van der Waals surface area contributed by atoms with Gasteiger partial charge in [0.25, 0.3) is 5.91 Å². The van der Waals surface area contributed by atoms with Crippen molar-refractivity contribution in [3.63, 3.8) is 0 Å². The largest absolute Gasteiger partial charge is 0.496 e. The van der Waals surface area contributed by atoms with E-state index < -0.39 is 0 Å². The van der Waals surface area contributed by atoms with Gasteiger partial charge in [-0.1, -0.05) is 6.07 Å². The fraction of sp³-hybridized carbons (Fsp3) is 0.235. The minimum absolute atomic E-state index is 0.0525. The molecule has 0 aromatic heterocycles. The number of aryl methyl sites for hydroxylation is 2. The standard InChI is InChI=1S/C17H18BrNO2/c1-11-7-12(2)9-14(8-11)19(3)17(20)13-5-6-16(21-4)15(18)10-13/h5-10H,1-4H3. The Kier molecular flexibility index (Phi) is 4.68. The molecule has 0 fully saturated rings. The van der Waals surface area contributed by atoms with Gasteiger partial charge in [0, 0.05) is 18.3 Å². The zero-order chi connectivity index (χ0) is 15.6. The highest BCUT2D eigenvalue weighted by Crippen LogP contribution is 2.27. The van der Waals surface area contributed by atoms with Gasteiger partial charge in [0.1, 0.15) is 5.75 Å². The van der Waals surface area contributed by atoms with Crippen LogP contribution in [0, 0.1) is 13.8 Å². The van der Waals surface area contributed by atoms with Gasteiger partial charge < -0.3 is 9.64 Å². The molecule has 0 unspecified atom stereocenters. The molecule has 21 heavy (non-hydrogen) atoms. The van der Waals surface area contributed by atoms with Crippen LogP contribution in [-0.2, 0) is 0 Å². The number of hydrogen-bond acceptors (Lipinski definition) is 2. The van der Waals surface area contributed by atoms with E-state index >= 15 is 0 Å². The topological polar surface area (TPSA) is 29.5 Å². The zero-order valence-electron chi connectivity index (χ0n) is 12.6. The number of halogens is 1. The summed E-state index contributed by atoms with van der Waals surface area (Å²) in [5.41, 5.74) is 3.79. The molecule has 0 aliphatic rings. The van der Waals surface area contributed by atoms with Crippen molar-refractivity contribution >= 4 is 27.5 Å². The van der Waals surface area contributed by atoms with Crippen LogP contribution in [0.1, 0.15) is 21.5 Å². The van der Waals surface area contributed by atoms with Crippen LogP contribution in [-0.4, -0.2) is 20.1 Å². The summed E-state index contributed by atoms with van der Waals surface area (Å²) in [5.74, 6) is 0.656. The Morgan fingerprint density at radius 2 is 1.71 bits per heavy atom. The van der Waals surface area contributed by atoms with E-state index in [1.165, 1.54) is 0 Å². The molecule has 4 heteroatoms. The van der Waals surface area contributed by atoms with E-state index in [2.05, 4.69) is 22.0 Å². The fourth-order valence-electron chi connectivity index (χ4n) is 2.25. The normalized spacial score (nSPS) is 10.3. The molecule has 0 saturated heterocycles. The molecule has 0 spiro atoms. The molecule has 1 amide bonds. The second-order valence-corrected chi connectivity index (χ2v) is 5.91. The Labute approximate surface area is 133 Å². The van der Waals surface area contributed by atoms with Crippen molar-refractivity contribution in [3.8, 4) is 5.75 Å². The van der Waals surface area contributed by atoms with Gasteiger partial charge in [0.2, 0.25) is 0 Å². The highest BCUT2D eigenvalue weighted by molar-refractivity contribution is 9.10. The van der Waals surface area contributed by atoms with Crippen LogP contribution in [0.25, 0.3) is 0 Å². The number of carbonyl (C=O) groups is 1. The first-order valence-electron chi connectivity index (χ1n) is 6.62. The number of hydrogen-bond donors (Lipinski definition) is 0. The van der Waals surface area contributed by atoms with Crippen LogP contribution in [0.2, 0.25) is 0 Å². The van der Waals surface area contributed by atoms with E-state index in [-0.39, 0.29) is 5.91 Å². The summed E-state index contributed by atoms with van der Waals surface area (Å²) in [6.45, 7) is 4.05. The number of rotatable bonds is 3. The third kappa shape index (κ3) is 3.45. The second kappa shape index (κ2) is 6.31. The number of nitrogens with zero attached hydrogens (tertiary/aromatic N) is 1. The summed E-state index contributed by atoms with van der Waals surface area (Å²) < 4.78 is 5.95.